The molecular weight excluding hydrogens is 453 g/mol. The van der Waals surface area contributed by atoms with Gasteiger partial charge in [0.25, 0.3) is 5.91 Å². The van der Waals surface area contributed by atoms with Crippen molar-refractivity contribution in [2.75, 3.05) is 39.3 Å². The van der Waals surface area contributed by atoms with E-state index in [2.05, 4.69) is 15.3 Å². The van der Waals surface area contributed by atoms with E-state index < -0.39 is 32.9 Å². The Morgan fingerprint density at radius 1 is 0.970 bits per heavy atom. The Labute approximate surface area is 188 Å². The van der Waals surface area contributed by atoms with Crippen molar-refractivity contribution < 1.29 is 17.6 Å². The SMILES string of the molecule is O=C(NCCN1CCN(S(=O)(=O)c2ccc3[nH]c(=O)c(=O)[nH]c3c2)CC1)c1ccccc1F. The number of H-pyrrole nitrogens is 2. The first kappa shape index (κ1) is 22.8. The summed E-state index contributed by atoms with van der Waals surface area (Å²) in [7, 11) is -3.79. The number of hydrogen-bond acceptors (Lipinski definition) is 6. The molecule has 0 unspecified atom stereocenters. The van der Waals surface area contributed by atoms with E-state index in [0.717, 1.165) is 0 Å². The minimum atomic E-state index is -3.79. The molecule has 4 rings (SSSR count). The van der Waals surface area contributed by atoms with Gasteiger partial charge >= 0.3 is 11.1 Å². The highest BCUT2D eigenvalue weighted by atomic mass is 32.2. The fraction of sp³-hybridized carbons (Fsp3) is 0.286. The third-order valence-corrected chi connectivity index (χ3v) is 7.39. The number of piperazine rings is 1. The molecule has 0 radical (unpaired) electrons. The molecule has 2 heterocycles. The Hall–Kier alpha value is -3.35. The first-order valence-electron chi connectivity index (χ1n) is 10.3. The third kappa shape index (κ3) is 4.87. The van der Waals surface area contributed by atoms with Crippen molar-refractivity contribution in [2.45, 2.75) is 4.90 Å². The largest absolute Gasteiger partial charge is 0.351 e. The number of halogens is 1. The van der Waals surface area contributed by atoms with E-state index in [-0.39, 0.29) is 29.1 Å². The van der Waals surface area contributed by atoms with Crippen LogP contribution >= 0.6 is 0 Å². The number of aromatic amines is 2. The maximum atomic E-state index is 13.7. The first-order chi connectivity index (χ1) is 15.8. The minimum Gasteiger partial charge on any atom is -0.351 e. The molecule has 10 nitrogen and oxygen atoms in total. The molecule has 2 aromatic carbocycles. The summed E-state index contributed by atoms with van der Waals surface area (Å²) in [6, 6.07) is 9.88. The Bertz CT molecular complexity index is 1410. The van der Waals surface area contributed by atoms with Gasteiger partial charge in [0.1, 0.15) is 5.82 Å². The van der Waals surface area contributed by atoms with E-state index >= 15 is 0 Å². The molecule has 0 aliphatic carbocycles. The number of carbonyl (C=O) groups is 1. The summed E-state index contributed by atoms with van der Waals surface area (Å²) in [5.41, 5.74) is -1.12. The molecular formula is C21H22FN5O5S. The fourth-order valence-electron chi connectivity index (χ4n) is 3.67. The summed E-state index contributed by atoms with van der Waals surface area (Å²) in [5.74, 6) is -1.08. The number of carbonyl (C=O) groups excluding carboxylic acids is 1. The van der Waals surface area contributed by atoms with Crippen molar-refractivity contribution in [1.82, 2.24) is 24.5 Å². The summed E-state index contributed by atoms with van der Waals surface area (Å²) in [4.78, 5) is 41.9. The zero-order valence-electron chi connectivity index (χ0n) is 17.5. The van der Waals surface area contributed by atoms with Crippen LogP contribution in [0.2, 0.25) is 0 Å². The van der Waals surface area contributed by atoms with Crippen LogP contribution in [0.3, 0.4) is 0 Å². The monoisotopic (exact) mass is 475 g/mol. The lowest BCUT2D eigenvalue weighted by atomic mass is 10.2. The van der Waals surface area contributed by atoms with E-state index in [1.807, 2.05) is 4.90 Å². The Kier molecular flexibility index (Phi) is 6.40. The van der Waals surface area contributed by atoms with Gasteiger partial charge in [-0.3, -0.25) is 19.3 Å². The van der Waals surface area contributed by atoms with Crippen LogP contribution in [0.15, 0.2) is 56.9 Å². The topological polar surface area (TPSA) is 135 Å². The molecule has 1 fully saturated rings. The molecule has 0 saturated carbocycles. The van der Waals surface area contributed by atoms with Gasteiger partial charge in [-0.2, -0.15) is 4.31 Å². The number of sulfonamides is 1. The van der Waals surface area contributed by atoms with Gasteiger partial charge in [0, 0.05) is 39.3 Å². The Morgan fingerprint density at radius 2 is 1.64 bits per heavy atom. The standard InChI is InChI=1S/C21H22FN5O5S/c22-16-4-2-1-3-15(16)19(28)23-7-8-26-9-11-27(12-10-26)33(31,32)14-5-6-17-18(13-14)25-21(30)20(29)24-17/h1-6,13H,7-12H2,(H,23,28)(H,24,29)(H,25,30). The van der Waals surface area contributed by atoms with Gasteiger partial charge in [0.15, 0.2) is 0 Å². The molecule has 3 N–H and O–H groups in total. The summed E-state index contributed by atoms with van der Waals surface area (Å²) in [6.07, 6.45) is 0. The van der Waals surface area contributed by atoms with Crippen molar-refractivity contribution in [3.8, 4) is 0 Å². The molecule has 33 heavy (non-hydrogen) atoms. The molecule has 1 saturated heterocycles. The number of rotatable bonds is 6. The number of nitrogens with zero attached hydrogens (tertiary/aromatic N) is 2. The molecule has 12 heteroatoms. The average Bonchev–Trinajstić information content (AvgIpc) is 2.80. The number of amides is 1. The van der Waals surface area contributed by atoms with Crippen molar-refractivity contribution in [3.05, 3.63) is 74.6 Å². The summed E-state index contributed by atoms with van der Waals surface area (Å²) in [5, 5.41) is 2.67. The summed E-state index contributed by atoms with van der Waals surface area (Å²) in [6.45, 7) is 2.24. The molecule has 1 aliphatic heterocycles. The van der Waals surface area contributed by atoms with Crippen molar-refractivity contribution in [2.24, 2.45) is 0 Å². The molecule has 1 aliphatic rings. The minimum absolute atomic E-state index is 0.0169. The molecule has 1 amide bonds. The summed E-state index contributed by atoms with van der Waals surface area (Å²) >= 11 is 0. The van der Waals surface area contributed by atoms with Crippen LogP contribution in [0.5, 0.6) is 0 Å². The number of hydrogen-bond donors (Lipinski definition) is 3. The highest BCUT2D eigenvalue weighted by molar-refractivity contribution is 7.89. The highest BCUT2D eigenvalue weighted by Crippen LogP contribution is 2.20. The quantitative estimate of drug-likeness (QED) is 0.433. The molecule has 3 aromatic rings. The number of benzene rings is 2. The molecule has 0 spiro atoms. The van der Waals surface area contributed by atoms with Gasteiger partial charge < -0.3 is 15.3 Å². The fourth-order valence-corrected chi connectivity index (χ4v) is 5.11. The molecule has 0 bridgehead atoms. The first-order valence-corrected chi connectivity index (χ1v) is 11.7. The maximum Gasteiger partial charge on any atom is 0.314 e. The molecule has 0 atom stereocenters. The van der Waals surface area contributed by atoms with Crippen LogP contribution in [-0.2, 0) is 10.0 Å². The normalized spacial score (nSPS) is 15.5. The number of nitrogens with one attached hydrogen (secondary N) is 3. The van der Waals surface area contributed by atoms with Gasteiger partial charge in [-0.15, -0.1) is 0 Å². The van der Waals surface area contributed by atoms with E-state index in [1.54, 1.807) is 6.07 Å². The number of fused-ring (bicyclic) bond motifs is 1. The molecule has 174 valence electrons. The van der Waals surface area contributed by atoms with E-state index in [1.165, 1.54) is 40.7 Å². The second-order valence-corrected chi connectivity index (χ2v) is 9.54. The summed E-state index contributed by atoms with van der Waals surface area (Å²) < 4.78 is 41.1. The van der Waals surface area contributed by atoms with Crippen LogP contribution in [-0.4, -0.2) is 72.8 Å². The second-order valence-electron chi connectivity index (χ2n) is 7.60. The second kappa shape index (κ2) is 9.25. The molecule has 1 aromatic heterocycles. The van der Waals surface area contributed by atoms with Gasteiger partial charge in [-0.25, -0.2) is 12.8 Å². The van der Waals surface area contributed by atoms with Crippen LogP contribution in [0.1, 0.15) is 10.4 Å². The lowest BCUT2D eigenvalue weighted by molar-refractivity contribution is 0.0941. The predicted octanol–water partition coefficient (Wildman–Crippen LogP) is 0.0918. The van der Waals surface area contributed by atoms with Crippen molar-refractivity contribution in [1.29, 1.82) is 0 Å². The van der Waals surface area contributed by atoms with Gasteiger partial charge in [-0.1, -0.05) is 12.1 Å². The predicted molar refractivity (Wildman–Crippen MR) is 119 cm³/mol. The lowest BCUT2D eigenvalue weighted by Gasteiger charge is -2.34. The Morgan fingerprint density at radius 3 is 2.33 bits per heavy atom. The third-order valence-electron chi connectivity index (χ3n) is 5.49. The van der Waals surface area contributed by atoms with Gasteiger partial charge in [0.05, 0.1) is 21.5 Å². The van der Waals surface area contributed by atoms with E-state index in [4.69, 9.17) is 0 Å². The van der Waals surface area contributed by atoms with Crippen LogP contribution < -0.4 is 16.4 Å². The van der Waals surface area contributed by atoms with Gasteiger partial charge in [-0.05, 0) is 30.3 Å². The maximum absolute atomic E-state index is 13.7. The van der Waals surface area contributed by atoms with Gasteiger partial charge in [0.2, 0.25) is 10.0 Å². The lowest BCUT2D eigenvalue weighted by Crippen LogP contribution is -2.50. The van der Waals surface area contributed by atoms with Crippen LogP contribution in [0, 0.1) is 5.82 Å². The number of aromatic nitrogens is 2. The van der Waals surface area contributed by atoms with Crippen LogP contribution in [0.4, 0.5) is 4.39 Å². The smallest absolute Gasteiger partial charge is 0.314 e. The van der Waals surface area contributed by atoms with E-state index in [0.29, 0.717) is 31.7 Å². The Balaban J connectivity index is 1.34. The average molecular weight is 476 g/mol. The zero-order chi connectivity index (χ0) is 23.6. The highest BCUT2D eigenvalue weighted by Gasteiger charge is 2.28. The van der Waals surface area contributed by atoms with E-state index in [9.17, 15) is 27.2 Å². The zero-order valence-corrected chi connectivity index (χ0v) is 18.3. The van der Waals surface area contributed by atoms with Crippen LogP contribution in [0.25, 0.3) is 11.0 Å². The van der Waals surface area contributed by atoms with Crippen molar-refractivity contribution in [3.63, 3.8) is 0 Å². The van der Waals surface area contributed by atoms with Crippen molar-refractivity contribution >= 4 is 27.0 Å².